The summed E-state index contributed by atoms with van der Waals surface area (Å²) in [5, 5.41) is 10.7. The molecule has 17 heavy (non-hydrogen) atoms. The first-order valence-corrected chi connectivity index (χ1v) is 6.33. The van der Waals surface area contributed by atoms with Crippen molar-refractivity contribution in [3.05, 3.63) is 34.5 Å². The van der Waals surface area contributed by atoms with Crippen molar-refractivity contribution < 1.29 is 4.79 Å². The molecule has 0 bridgehead atoms. The molecular formula is C11H14N4OS. The molecule has 1 N–H and O–H groups in total. The fourth-order valence-corrected chi connectivity index (χ4v) is 2.24. The van der Waals surface area contributed by atoms with E-state index >= 15 is 0 Å². The van der Waals surface area contributed by atoms with Gasteiger partial charge in [-0.15, -0.1) is 0 Å². The Balaban J connectivity index is 2.11. The van der Waals surface area contributed by atoms with Crippen molar-refractivity contribution in [2.45, 2.75) is 19.4 Å². The Morgan fingerprint density at radius 2 is 2.47 bits per heavy atom. The maximum absolute atomic E-state index is 11.9. The molecule has 0 spiro atoms. The van der Waals surface area contributed by atoms with Crippen molar-refractivity contribution in [2.24, 2.45) is 7.05 Å². The van der Waals surface area contributed by atoms with Crippen LogP contribution in [-0.2, 0) is 7.05 Å². The molecule has 1 atom stereocenters. The van der Waals surface area contributed by atoms with Crippen LogP contribution in [0.25, 0.3) is 0 Å². The minimum Gasteiger partial charge on any atom is -0.342 e. The predicted molar refractivity (Wildman–Crippen MR) is 65.8 cm³/mol. The average molecular weight is 250 g/mol. The fraction of sp³-hybridized carbons (Fsp3) is 0.364. The molecule has 0 radical (unpaired) electrons. The molecule has 6 heteroatoms. The lowest BCUT2D eigenvalue weighted by Crippen LogP contribution is -2.29. The zero-order valence-corrected chi connectivity index (χ0v) is 10.6. The van der Waals surface area contributed by atoms with E-state index in [0.717, 1.165) is 12.2 Å². The first-order valence-electron chi connectivity index (χ1n) is 5.39. The second kappa shape index (κ2) is 5.09. The molecule has 2 aromatic rings. The maximum Gasteiger partial charge on any atom is 0.252 e. The number of carbonyl (C=O) groups is 1. The molecule has 0 fully saturated rings. The number of nitrogens with one attached hydrogen (secondary N) is 1. The van der Waals surface area contributed by atoms with Crippen LogP contribution in [0.15, 0.2) is 23.2 Å². The molecule has 2 heterocycles. The lowest BCUT2D eigenvalue weighted by Gasteiger charge is -2.15. The Morgan fingerprint density at radius 3 is 3.00 bits per heavy atom. The highest BCUT2D eigenvalue weighted by molar-refractivity contribution is 7.08. The van der Waals surface area contributed by atoms with E-state index in [0.29, 0.717) is 5.56 Å². The molecule has 2 rings (SSSR count). The molecule has 0 saturated carbocycles. The second-order valence-corrected chi connectivity index (χ2v) is 4.47. The van der Waals surface area contributed by atoms with Gasteiger partial charge in [0.1, 0.15) is 12.2 Å². The zero-order valence-electron chi connectivity index (χ0n) is 9.75. The molecule has 90 valence electrons. The van der Waals surface area contributed by atoms with Crippen LogP contribution >= 0.6 is 11.3 Å². The molecule has 0 aliphatic rings. The van der Waals surface area contributed by atoms with E-state index in [1.54, 1.807) is 4.68 Å². The lowest BCUT2D eigenvalue weighted by molar-refractivity contribution is 0.0933. The molecule has 0 aliphatic carbocycles. The van der Waals surface area contributed by atoms with E-state index in [2.05, 4.69) is 15.4 Å². The summed E-state index contributed by atoms with van der Waals surface area (Å²) in [5.41, 5.74) is 0.690. The topological polar surface area (TPSA) is 59.8 Å². The van der Waals surface area contributed by atoms with E-state index in [-0.39, 0.29) is 11.9 Å². The molecule has 0 aliphatic heterocycles. The van der Waals surface area contributed by atoms with Gasteiger partial charge < -0.3 is 5.32 Å². The summed E-state index contributed by atoms with van der Waals surface area (Å²) in [6.07, 6.45) is 2.27. The highest BCUT2D eigenvalue weighted by Crippen LogP contribution is 2.14. The average Bonchev–Trinajstić information content (AvgIpc) is 2.96. The summed E-state index contributed by atoms with van der Waals surface area (Å²) in [7, 11) is 1.82. The van der Waals surface area contributed by atoms with Gasteiger partial charge in [0.25, 0.3) is 5.91 Å². The van der Waals surface area contributed by atoms with Crippen molar-refractivity contribution in [1.29, 1.82) is 0 Å². The van der Waals surface area contributed by atoms with Gasteiger partial charge in [0, 0.05) is 12.4 Å². The van der Waals surface area contributed by atoms with Crippen LogP contribution in [0.5, 0.6) is 0 Å². The van der Waals surface area contributed by atoms with Gasteiger partial charge in [-0.25, -0.2) is 4.98 Å². The van der Waals surface area contributed by atoms with Gasteiger partial charge in [-0.1, -0.05) is 6.92 Å². The maximum atomic E-state index is 11.9. The molecule has 2 aromatic heterocycles. The van der Waals surface area contributed by atoms with Crippen LogP contribution in [0.3, 0.4) is 0 Å². The number of amides is 1. The summed E-state index contributed by atoms with van der Waals surface area (Å²) in [6.45, 7) is 2.01. The highest BCUT2D eigenvalue weighted by atomic mass is 32.1. The second-order valence-electron chi connectivity index (χ2n) is 3.69. The predicted octanol–water partition coefficient (Wildman–Crippen LogP) is 1.76. The van der Waals surface area contributed by atoms with Crippen LogP contribution in [0.2, 0.25) is 0 Å². The number of rotatable bonds is 4. The summed E-state index contributed by atoms with van der Waals surface area (Å²) in [5.74, 6) is 0.706. The smallest absolute Gasteiger partial charge is 0.252 e. The number of aromatic nitrogens is 3. The monoisotopic (exact) mass is 250 g/mol. The third kappa shape index (κ3) is 2.52. The molecule has 0 aromatic carbocycles. The molecule has 1 amide bonds. The van der Waals surface area contributed by atoms with E-state index in [1.807, 2.05) is 30.8 Å². The quantitative estimate of drug-likeness (QED) is 0.899. The molecule has 0 saturated heterocycles. The Kier molecular flexibility index (Phi) is 3.53. The molecular weight excluding hydrogens is 236 g/mol. The normalized spacial score (nSPS) is 12.4. The number of hydrogen-bond acceptors (Lipinski definition) is 4. The number of nitrogens with zero attached hydrogens (tertiary/aromatic N) is 3. The minimum atomic E-state index is -0.102. The van der Waals surface area contributed by atoms with Crippen molar-refractivity contribution in [2.75, 3.05) is 0 Å². The minimum absolute atomic E-state index is 0.0684. The Hall–Kier alpha value is -1.69. The van der Waals surface area contributed by atoms with Gasteiger partial charge in [0.15, 0.2) is 0 Å². The van der Waals surface area contributed by atoms with Gasteiger partial charge in [0.05, 0.1) is 11.6 Å². The van der Waals surface area contributed by atoms with Gasteiger partial charge in [-0.05, 0) is 17.9 Å². The highest BCUT2D eigenvalue weighted by Gasteiger charge is 2.18. The largest absolute Gasteiger partial charge is 0.342 e. The summed E-state index contributed by atoms with van der Waals surface area (Å²) in [6, 6.07) is 1.71. The van der Waals surface area contributed by atoms with Gasteiger partial charge >= 0.3 is 0 Å². The standard InChI is InChI=1S/C11H14N4OS/c1-3-9(10-12-7-13-15(10)2)14-11(16)8-4-5-17-6-8/h4-7,9H,3H2,1-2H3,(H,14,16). The van der Waals surface area contributed by atoms with Gasteiger partial charge in [0.2, 0.25) is 0 Å². The third-order valence-corrected chi connectivity index (χ3v) is 3.24. The van der Waals surface area contributed by atoms with Gasteiger partial charge in [-0.3, -0.25) is 9.48 Å². The number of thiophene rings is 1. The fourth-order valence-electron chi connectivity index (χ4n) is 1.61. The lowest BCUT2D eigenvalue weighted by atomic mass is 10.2. The van der Waals surface area contributed by atoms with Crippen molar-refractivity contribution in [3.8, 4) is 0 Å². The van der Waals surface area contributed by atoms with Crippen molar-refractivity contribution >= 4 is 17.2 Å². The summed E-state index contributed by atoms with van der Waals surface area (Å²) in [4.78, 5) is 16.1. The van der Waals surface area contributed by atoms with Crippen LogP contribution in [0, 0.1) is 0 Å². The number of carbonyl (C=O) groups excluding carboxylic acids is 1. The SMILES string of the molecule is CCC(NC(=O)c1ccsc1)c1ncnn1C. The first-order chi connectivity index (χ1) is 8.22. The van der Waals surface area contributed by atoms with Crippen molar-refractivity contribution in [1.82, 2.24) is 20.1 Å². The zero-order chi connectivity index (χ0) is 12.3. The Labute approximate surface area is 103 Å². The van der Waals surface area contributed by atoms with E-state index in [9.17, 15) is 4.79 Å². The third-order valence-electron chi connectivity index (χ3n) is 2.56. The van der Waals surface area contributed by atoms with Crippen LogP contribution in [-0.4, -0.2) is 20.7 Å². The Bertz CT molecular complexity index is 491. The summed E-state index contributed by atoms with van der Waals surface area (Å²) < 4.78 is 1.68. The van der Waals surface area contributed by atoms with E-state index in [1.165, 1.54) is 17.7 Å². The molecule has 5 nitrogen and oxygen atoms in total. The van der Waals surface area contributed by atoms with Crippen LogP contribution in [0.1, 0.15) is 35.6 Å². The number of aryl methyl sites for hydroxylation is 1. The van der Waals surface area contributed by atoms with Gasteiger partial charge in [-0.2, -0.15) is 16.4 Å². The molecule has 1 unspecified atom stereocenters. The van der Waals surface area contributed by atoms with E-state index < -0.39 is 0 Å². The number of hydrogen-bond donors (Lipinski definition) is 1. The van der Waals surface area contributed by atoms with Crippen LogP contribution in [0.4, 0.5) is 0 Å². The van der Waals surface area contributed by atoms with E-state index in [4.69, 9.17) is 0 Å². The Morgan fingerprint density at radius 1 is 1.65 bits per heavy atom. The summed E-state index contributed by atoms with van der Waals surface area (Å²) >= 11 is 1.51. The first kappa shape index (κ1) is 11.8. The van der Waals surface area contributed by atoms with Crippen molar-refractivity contribution in [3.63, 3.8) is 0 Å². The van der Waals surface area contributed by atoms with Crippen LogP contribution < -0.4 is 5.32 Å².